The number of carboxylic acids is 1. The van der Waals surface area contributed by atoms with Gasteiger partial charge in [0.2, 0.25) is 0 Å². The molecule has 3 aliphatic rings. The fraction of sp³-hybridized carbons (Fsp3) is 0.909. The number of fused-ring (bicyclic) bond motifs is 5. The predicted molar refractivity (Wildman–Crippen MR) is 51.6 cm³/mol. The molecular formula is C11H17NO2. The minimum absolute atomic E-state index is 0.275. The predicted octanol–water partition coefficient (Wildman–Crippen LogP) is 1.22. The van der Waals surface area contributed by atoms with Crippen LogP contribution in [0.2, 0.25) is 0 Å². The average Bonchev–Trinajstić information content (AvgIpc) is 2.71. The standard InChI is InChI=1S/C11H17NO2/c12-11(10(13)14)5-6-4-9(11)8-3-1-2-7(6)8/h6-9H,1-5,12H2,(H,13,14)/t6-,7?,8-,9-,11?/m1/s1. The third-order valence-electron chi connectivity index (χ3n) is 4.96. The van der Waals surface area contributed by atoms with Crippen LogP contribution in [0.15, 0.2) is 0 Å². The quantitative estimate of drug-likeness (QED) is 0.661. The van der Waals surface area contributed by atoms with E-state index < -0.39 is 11.5 Å². The fourth-order valence-electron chi connectivity index (χ4n) is 4.44. The first kappa shape index (κ1) is 8.72. The number of aliphatic carboxylic acids is 1. The molecule has 0 aromatic carbocycles. The van der Waals surface area contributed by atoms with Crippen LogP contribution in [0.1, 0.15) is 32.1 Å². The van der Waals surface area contributed by atoms with Gasteiger partial charge in [-0.3, -0.25) is 4.79 Å². The normalized spacial score (nSPS) is 54.9. The molecule has 3 saturated carbocycles. The monoisotopic (exact) mass is 195 g/mol. The maximum absolute atomic E-state index is 11.2. The first-order valence-corrected chi connectivity index (χ1v) is 5.65. The lowest BCUT2D eigenvalue weighted by Crippen LogP contribution is -2.55. The van der Waals surface area contributed by atoms with Crippen molar-refractivity contribution in [2.24, 2.45) is 29.4 Å². The molecule has 0 aromatic rings. The summed E-state index contributed by atoms with van der Waals surface area (Å²) in [6.45, 7) is 0. The lowest BCUT2D eigenvalue weighted by atomic mass is 9.71. The maximum atomic E-state index is 11.2. The minimum Gasteiger partial charge on any atom is -0.480 e. The first-order valence-electron chi connectivity index (χ1n) is 5.65. The second-order valence-corrected chi connectivity index (χ2v) is 5.41. The van der Waals surface area contributed by atoms with Crippen LogP contribution in [0.25, 0.3) is 0 Å². The number of nitrogens with two attached hydrogens (primary N) is 1. The highest BCUT2D eigenvalue weighted by atomic mass is 16.4. The molecule has 0 heterocycles. The molecule has 5 atom stereocenters. The Bertz CT molecular complexity index is 291. The number of carbonyl (C=O) groups is 1. The molecule has 3 fully saturated rings. The van der Waals surface area contributed by atoms with Gasteiger partial charge in [-0.2, -0.15) is 0 Å². The van der Waals surface area contributed by atoms with Crippen molar-refractivity contribution in [3.8, 4) is 0 Å². The van der Waals surface area contributed by atoms with E-state index in [0.29, 0.717) is 11.8 Å². The SMILES string of the molecule is NC1(C(=O)O)C[C@H]2C[C@@H]1[C@@H]1CCCC21. The third kappa shape index (κ3) is 0.842. The Morgan fingerprint density at radius 2 is 2.07 bits per heavy atom. The summed E-state index contributed by atoms with van der Waals surface area (Å²) in [6, 6.07) is 0. The first-order chi connectivity index (χ1) is 6.63. The molecule has 3 rings (SSSR count). The summed E-state index contributed by atoms with van der Waals surface area (Å²) in [5, 5.41) is 9.19. The van der Waals surface area contributed by atoms with E-state index in [9.17, 15) is 9.90 Å². The number of hydrogen-bond donors (Lipinski definition) is 2. The van der Waals surface area contributed by atoms with E-state index in [1.165, 1.54) is 19.3 Å². The van der Waals surface area contributed by atoms with Gasteiger partial charge in [-0.05, 0) is 49.4 Å². The number of carboxylic acid groups (broad SMARTS) is 1. The molecule has 14 heavy (non-hydrogen) atoms. The Morgan fingerprint density at radius 1 is 1.36 bits per heavy atom. The van der Waals surface area contributed by atoms with E-state index in [1.54, 1.807) is 0 Å². The lowest BCUT2D eigenvalue weighted by molar-refractivity contribution is -0.146. The topological polar surface area (TPSA) is 63.3 Å². The van der Waals surface area contributed by atoms with E-state index in [2.05, 4.69) is 0 Å². The van der Waals surface area contributed by atoms with Gasteiger partial charge in [0.1, 0.15) is 5.54 Å². The maximum Gasteiger partial charge on any atom is 0.323 e. The van der Waals surface area contributed by atoms with Crippen molar-refractivity contribution in [1.29, 1.82) is 0 Å². The molecule has 0 amide bonds. The minimum atomic E-state index is -0.879. The van der Waals surface area contributed by atoms with E-state index in [4.69, 9.17) is 5.73 Å². The second kappa shape index (κ2) is 2.51. The largest absolute Gasteiger partial charge is 0.480 e. The van der Waals surface area contributed by atoms with Crippen LogP contribution in [0.5, 0.6) is 0 Å². The Balaban J connectivity index is 1.93. The average molecular weight is 195 g/mol. The summed E-state index contributed by atoms with van der Waals surface area (Å²) in [5.74, 6) is 1.58. The van der Waals surface area contributed by atoms with Crippen molar-refractivity contribution in [1.82, 2.24) is 0 Å². The van der Waals surface area contributed by atoms with Gasteiger partial charge in [-0.25, -0.2) is 0 Å². The summed E-state index contributed by atoms with van der Waals surface area (Å²) in [7, 11) is 0. The fourth-order valence-corrected chi connectivity index (χ4v) is 4.44. The Hall–Kier alpha value is -0.570. The van der Waals surface area contributed by atoms with Gasteiger partial charge in [0.05, 0.1) is 0 Å². The van der Waals surface area contributed by atoms with E-state index >= 15 is 0 Å². The van der Waals surface area contributed by atoms with Crippen molar-refractivity contribution in [2.45, 2.75) is 37.6 Å². The van der Waals surface area contributed by atoms with Gasteiger partial charge in [0.25, 0.3) is 0 Å². The Morgan fingerprint density at radius 3 is 2.79 bits per heavy atom. The van der Waals surface area contributed by atoms with Gasteiger partial charge < -0.3 is 10.8 Å². The summed E-state index contributed by atoms with van der Waals surface area (Å²) in [4.78, 5) is 11.2. The molecule has 0 saturated heterocycles. The van der Waals surface area contributed by atoms with Gasteiger partial charge in [0.15, 0.2) is 0 Å². The van der Waals surface area contributed by atoms with Crippen LogP contribution >= 0.6 is 0 Å². The highest BCUT2D eigenvalue weighted by molar-refractivity contribution is 5.80. The van der Waals surface area contributed by atoms with Crippen LogP contribution in [0, 0.1) is 23.7 Å². The molecule has 3 heteroatoms. The van der Waals surface area contributed by atoms with Crippen molar-refractivity contribution < 1.29 is 9.90 Å². The molecular weight excluding hydrogens is 178 g/mol. The second-order valence-electron chi connectivity index (χ2n) is 5.41. The van der Waals surface area contributed by atoms with Gasteiger partial charge in [0, 0.05) is 0 Å². The van der Waals surface area contributed by atoms with Crippen LogP contribution in [-0.2, 0) is 4.79 Å². The number of rotatable bonds is 1. The summed E-state index contributed by atoms with van der Waals surface area (Å²) in [6.07, 6.45) is 5.64. The van der Waals surface area contributed by atoms with E-state index in [0.717, 1.165) is 18.8 Å². The lowest BCUT2D eigenvalue weighted by Gasteiger charge is -2.36. The smallest absolute Gasteiger partial charge is 0.323 e. The van der Waals surface area contributed by atoms with Crippen molar-refractivity contribution in [3.63, 3.8) is 0 Å². The zero-order valence-electron chi connectivity index (χ0n) is 8.28. The van der Waals surface area contributed by atoms with Crippen LogP contribution in [0.4, 0.5) is 0 Å². The van der Waals surface area contributed by atoms with Crippen LogP contribution < -0.4 is 5.73 Å². The van der Waals surface area contributed by atoms with Crippen molar-refractivity contribution >= 4 is 5.97 Å². The summed E-state index contributed by atoms with van der Waals surface area (Å²) in [5.41, 5.74) is 5.16. The third-order valence-corrected chi connectivity index (χ3v) is 4.96. The molecule has 2 bridgehead atoms. The molecule has 0 spiro atoms. The van der Waals surface area contributed by atoms with Gasteiger partial charge in [-0.1, -0.05) is 6.42 Å². The van der Waals surface area contributed by atoms with Gasteiger partial charge >= 0.3 is 5.97 Å². The molecule has 2 unspecified atom stereocenters. The molecule has 0 aliphatic heterocycles. The molecule has 3 nitrogen and oxygen atoms in total. The molecule has 3 aliphatic carbocycles. The van der Waals surface area contributed by atoms with E-state index in [-0.39, 0.29) is 5.92 Å². The molecule has 3 N–H and O–H groups in total. The summed E-state index contributed by atoms with van der Waals surface area (Å²) >= 11 is 0. The zero-order valence-corrected chi connectivity index (χ0v) is 8.28. The van der Waals surface area contributed by atoms with Crippen LogP contribution in [0.3, 0.4) is 0 Å². The molecule has 0 aromatic heterocycles. The Kier molecular flexibility index (Phi) is 1.56. The van der Waals surface area contributed by atoms with Crippen LogP contribution in [-0.4, -0.2) is 16.6 Å². The van der Waals surface area contributed by atoms with Gasteiger partial charge in [-0.15, -0.1) is 0 Å². The molecule has 78 valence electrons. The van der Waals surface area contributed by atoms with E-state index in [1.807, 2.05) is 0 Å². The highest BCUT2D eigenvalue weighted by Gasteiger charge is 2.62. The highest BCUT2D eigenvalue weighted by Crippen LogP contribution is 2.61. The Labute approximate surface area is 83.7 Å². The molecule has 0 radical (unpaired) electrons. The number of hydrogen-bond acceptors (Lipinski definition) is 2. The zero-order chi connectivity index (χ0) is 9.92. The van der Waals surface area contributed by atoms with Crippen molar-refractivity contribution in [3.05, 3.63) is 0 Å². The van der Waals surface area contributed by atoms with Crippen molar-refractivity contribution in [2.75, 3.05) is 0 Å². The summed E-state index contributed by atoms with van der Waals surface area (Å²) < 4.78 is 0.